The van der Waals surface area contributed by atoms with Gasteiger partial charge in [-0.25, -0.2) is 0 Å². The summed E-state index contributed by atoms with van der Waals surface area (Å²) >= 11 is 0. The van der Waals surface area contributed by atoms with Gasteiger partial charge >= 0.3 is 0 Å². The monoisotopic (exact) mass is 198 g/mol. The second-order valence-electron chi connectivity index (χ2n) is 4.13. The molecule has 0 unspecified atom stereocenters. The van der Waals surface area contributed by atoms with E-state index < -0.39 is 0 Å². The Kier molecular flexibility index (Phi) is 4.94. The molecule has 2 N–H and O–H groups in total. The molecule has 0 saturated carbocycles. The molecule has 1 atom stereocenters. The molecule has 0 aromatic carbocycles. The number of hydrogen-bond acceptors (Lipinski definition) is 2. The number of rotatable bonds is 4. The molecule has 0 spiro atoms. The van der Waals surface area contributed by atoms with Gasteiger partial charge in [0.05, 0.1) is 6.04 Å². The zero-order valence-electron chi connectivity index (χ0n) is 9.17. The molecule has 1 saturated heterocycles. The van der Waals surface area contributed by atoms with Crippen LogP contribution in [0.25, 0.3) is 0 Å². The maximum atomic E-state index is 11.8. The van der Waals surface area contributed by atoms with Crippen molar-refractivity contribution in [1.29, 1.82) is 0 Å². The smallest absolute Gasteiger partial charge is 0.239 e. The minimum atomic E-state index is -0.256. The van der Waals surface area contributed by atoms with Gasteiger partial charge in [0.25, 0.3) is 0 Å². The highest BCUT2D eigenvalue weighted by Crippen LogP contribution is 2.11. The van der Waals surface area contributed by atoms with E-state index in [4.69, 9.17) is 5.73 Å². The van der Waals surface area contributed by atoms with Crippen LogP contribution in [-0.2, 0) is 4.79 Å². The van der Waals surface area contributed by atoms with Crippen molar-refractivity contribution in [1.82, 2.24) is 4.90 Å². The van der Waals surface area contributed by atoms with Crippen LogP contribution >= 0.6 is 0 Å². The fraction of sp³-hybridized carbons (Fsp3) is 0.909. The zero-order valence-corrected chi connectivity index (χ0v) is 9.17. The minimum absolute atomic E-state index is 0.165. The SMILES string of the molecule is CCCC[C@H](N)C(=O)N1CCCCC1. The molecule has 1 rings (SSSR count). The standard InChI is InChI=1S/C11H22N2O/c1-2-3-7-10(12)11(14)13-8-5-4-6-9-13/h10H,2-9,12H2,1H3/t10-/m0/s1. The Morgan fingerprint density at radius 3 is 2.57 bits per heavy atom. The van der Waals surface area contributed by atoms with Gasteiger partial charge in [0.2, 0.25) is 5.91 Å². The average Bonchev–Trinajstić information content (AvgIpc) is 2.26. The van der Waals surface area contributed by atoms with Crippen molar-refractivity contribution < 1.29 is 4.79 Å². The molecule has 1 amide bonds. The zero-order chi connectivity index (χ0) is 10.4. The number of likely N-dealkylation sites (tertiary alicyclic amines) is 1. The second kappa shape index (κ2) is 6.02. The van der Waals surface area contributed by atoms with Crippen molar-refractivity contribution >= 4 is 5.91 Å². The Morgan fingerprint density at radius 1 is 1.36 bits per heavy atom. The van der Waals surface area contributed by atoms with Crippen molar-refractivity contribution in [3.63, 3.8) is 0 Å². The summed E-state index contributed by atoms with van der Waals surface area (Å²) in [6, 6.07) is -0.256. The highest BCUT2D eigenvalue weighted by Gasteiger charge is 2.21. The molecule has 0 aliphatic carbocycles. The molecular formula is C11H22N2O. The van der Waals surface area contributed by atoms with E-state index in [1.165, 1.54) is 6.42 Å². The third-order valence-corrected chi connectivity index (χ3v) is 2.85. The van der Waals surface area contributed by atoms with E-state index in [1.54, 1.807) is 0 Å². The Labute approximate surface area is 86.6 Å². The number of nitrogens with zero attached hydrogens (tertiary/aromatic N) is 1. The van der Waals surface area contributed by atoms with Crippen LogP contribution in [-0.4, -0.2) is 29.9 Å². The van der Waals surface area contributed by atoms with E-state index in [2.05, 4.69) is 6.92 Å². The summed E-state index contributed by atoms with van der Waals surface area (Å²) in [5, 5.41) is 0. The Morgan fingerprint density at radius 2 is 2.00 bits per heavy atom. The molecule has 1 aliphatic heterocycles. The second-order valence-corrected chi connectivity index (χ2v) is 4.13. The fourth-order valence-corrected chi connectivity index (χ4v) is 1.90. The molecule has 0 radical (unpaired) electrons. The van der Waals surface area contributed by atoms with Crippen LogP contribution in [0.2, 0.25) is 0 Å². The third kappa shape index (κ3) is 3.29. The summed E-state index contributed by atoms with van der Waals surface area (Å²) in [4.78, 5) is 13.7. The lowest BCUT2D eigenvalue weighted by atomic mass is 10.1. The van der Waals surface area contributed by atoms with Gasteiger partial charge in [-0.2, -0.15) is 0 Å². The molecule has 0 bridgehead atoms. The lowest BCUT2D eigenvalue weighted by Gasteiger charge is -2.29. The first kappa shape index (κ1) is 11.5. The molecule has 1 heterocycles. The first-order valence-electron chi connectivity index (χ1n) is 5.80. The van der Waals surface area contributed by atoms with Crippen molar-refractivity contribution in [3.8, 4) is 0 Å². The summed E-state index contributed by atoms with van der Waals surface area (Å²) in [5.74, 6) is 0.165. The van der Waals surface area contributed by atoms with E-state index >= 15 is 0 Å². The molecule has 3 heteroatoms. The maximum Gasteiger partial charge on any atom is 0.239 e. The number of hydrogen-bond donors (Lipinski definition) is 1. The van der Waals surface area contributed by atoms with Crippen LogP contribution in [0.15, 0.2) is 0 Å². The Balaban J connectivity index is 2.30. The highest BCUT2D eigenvalue weighted by molar-refractivity contribution is 5.81. The van der Waals surface area contributed by atoms with Gasteiger partial charge in [-0.1, -0.05) is 19.8 Å². The number of carbonyl (C=O) groups is 1. The minimum Gasteiger partial charge on any atom is -0.341 e. The van der Waals surface area contributed by atoms with Crippen LogP contribution in [0.5, 0.6) is 0 Å². The molecule has 1 fully saturated rings. The highest BCUT2D eigenvalue weighted by atomic mass is 16.2. The first-order valence-corrected chi connectivity index (χ1v) is 5.80. The maximum absolute atomic E-state index is 11.8. The summed E-state index contributed by atoms with van der Waals surface area (Å²) < 4.78 is 0. The van der Waals surface area contributed by atoms with E-state index in [1.807, 2.05) is 4.90 Å². The van der Waals surface area contributed by atoms with E-state index in [0.29, 0.717) is 0 Å². The van der Waals surface area contributed by atoms with Crippen molar-refractivity contribution in [2.45, 2.75) is 51.5 Å². The normalized spacial score (nSPS) is 19.4. The number of nitrogens with two attached hydrogens (primary N) is 1. The van der Waals surface area contributed by atoms with Crippen molar-refractivity contribution in [2.24, 2.45) is 5.73 Å². The van der Waals surface area contributed by atoms with Crippen molar-refractivity contribution in [3.05, 3.63) is 0 Å². The van der Waals surface area contributed by atoms with Crippen LogP contribution in [0, 0.1) is 0 Å². The molecule has 3 nitrogen and oxygen atoms in total. The summed E-state index contributed by atoms with van der Waals surface area (Å²) in [6.45, 7) is 3.95. The Bertz CT molecular complexity index is 176. The topological polar surface area (TPSA) is 46.3 Å². The Hall–Kier alpha value is -0.570. The van der Waals surface area contributed by atoms with Crippen LogP contribution in [0.1, 0.15) is 45.4 Å². The van der Waals surface area contributed by atoms with E-state index in [-0.39, 0.29) is 11.9 Å². The van der Waals surface area contributed by atoms with Crippen LogP contribution in [0.4, 0.5) is 0 Å². The lowest BCUT2D eigenvalue weighted by molar-refractivity contribution is -0.133. The molecule has 1 aliphatic rings. The van der Waals surface area contributed by atoms with Gasteiger partial charge < -0.3 is 10.6 Å². The average molecular weight is 198 g/mol. The number of unbranched alkanes of at least 4 members (excludes halogenated alkanes) is 1. The van der Waals surface area contributed by atoms with Gasteiger partial charge in [-0.05, 0) is 25.7 Å². The predicted molar refractivity (Wildman–Crippen MR) is 57.9 cm³/mol. The predicted octanol–water partition coefficient (Wildman–Crippen LogP) is 1.52. The van der Waals surface area contributed by atoms with Crippen molar-refractivity contribution in [2.75, 3.05) is 13.1 Å². The largest absolute Gasteiger partial charge is 0.341 e. The first-order chi connectivity index (χ1) is 6.75. The molecule has 82 valence electrons. The van der Waals surface area contributed by atoms with Crippen LogP contribution in [0.3, 0.4) is 0 Å². The van der Waals surface area contributed by atoms with E-state index in [0.717, 1.165) is 45.2 Å². The molecule has 14 heavy (non-hydrogen) atoms. The third-order valence-electron chi connectivity index (χ3n) is 2.85. The number of piperidine rings is 1. The van der Waals surface area contributed by atoms with Crippen LogP contribution < -0.4 is 5.73 Å². The van der Waals surface area contributed by atoms with Gasteiger partial charge in [-0.3, -0.25) is 4.79 Å². The molecular weight excluding hydrogens is 176 g/mol. The summed E-state index contributed by atoms with van der Waals surface area (Å²) in [6.07, 6.45) is 6.56. The van der Waals surface area contributed by atoms with Gasteiger partial charge in [0.15, 0.2) is 0 Å². The van der Waals surface area contributed by atoms with Gasteiger partial charge in [0.1, 0.15) is 0 Å². The molecule has 0 aromatic rings. The fourth-order valence-electron chi connectivity index (χ4n) is 1.90. The summed E-state index contributed by atoms with van der Waals surface area (Å²) in [5.41, 5.74) is 5.84. The van der Waals surface area contributed by atoms with E-state index in [9.17, 15) is 4.79 Å². The molecule has 0 aromatic heterocycles. The lowest BCUT2D eigenvalue weighted by Crippen LogP contribution is -2.45. The van der Waals surface area contributed by atoms with Gasteiger partial charge in [0, 0.05) is 13.1 Å². The summed E-state index contributed by atoms with van der Waals surface area (Å²) in [7, 11) is 0. The quantitative estimate of drug-likeness (QED) is 0.744. The van der Waals surface area contributed by atoms with Gasteiger partial charge in [-0.15, -0.1) is 0 Å². The number of amides is 1. The number of carbonyl (C=O) groups excluding carboxylic acids is 1.